The van der Waals surface area contributed by atoms with E-state index in [4.69, 9.17) is 5.10 Å². The number of piperidine rings is 1. The van der Waals surface area contributed by atoms with Gasteiger partial charge in [0, 0.05) is 37.5 Å². The Morgan fingerprint density at radius 2 is 1.74 bits per heavy atom. The first-order valence-electron chi connectivity index (χ1n) is 13.3. The molecule has 3 aromatic heterocycles. The zero-order valence-electron chi connectivity index (χ0n) is 20.9. The zero-order chi connectivity index (χ0) is 25.9. The van der Waals surface area contributed by atoms with Gasteiger partial charge in [0.15, 0.2) is 5.65 Å². The van der Waals surface area contributed by atoms with E-state index >= 15 is 0 Å². The van der Waals surface area contributed by atoms with Gasteiger partial charge in [-0.25, -0.2) is 26.9 Å². The number of carbonyl (C=O) groups excluding carboxylic acids is 1. The molecule has 4 aromatic rings. The summed E-state index contributed by atoms with van der Waals surface area (Å²) in [6.45, 7) is 1.00. The molecule has 0 spiro atoms. The second kappa shape index (κ2) is 9.02. The Morgan fingerprint density at radius 3 is 2.45 bits per heavy atom. The number of carbonyl (C=O) groups is 1. The summed E-state index contributed by atoms with van der Waals surface area (Å²) in [4.78, 5) is 17.6. The fourth-order valence-corrected chi connectivity index (χ4v) is 7.22. The number of nitrogens with zero attached hydrogens (tertiary/aromatic N) is 6. The molecule has 196 valence electrons. The Bertz CT molecular complexity index is 1610. The van der Waals surface area contributed by atoms with Crippen LogP contribution in [0.3, 0.4) is 0 Å². The number of sulfonamides is 1. The Balaban J connectivity index is 1.17. The normalized spacial score (nSPS) is 19.2. The molecule has 10 nitrogen and oxygen atoms in total. The second-order valence-corrected chi connectivity index (χ2v) is 12.8. The molecule has 1 saturated heterocycles. The fourth-order valence-electron chi connectivity index (χ4n) is 5.34. The van der Waals surface area contributed by atoms with Crippen molar-refractivity contribution in [2.45, 2.75) is 55.6 Å². The molecule has 0 radical (unpaired) electrons. The molecule has 3 aliphatic rings. The highest BCUT2D eigenvalue weighted by atomic mass is 32.2. The minimum Gasteiger partial charge on any atom is -0.306 e. The van der Waals surface area contributed by atoms with E-state index in [0.29, 0.717) is 48.9 Å². The van der Waals surface area contributed by atoms with Crippen molar-refractivity contribution >= 4 is 27.4 Å². The molecule has 1 aliphatic heterocycles. The highest BCUT2D eigenvalue weighted by molar-refractivity contribution is 7.90. The number of rotatable bonds is 7. The topological polar surface area (TPSA) is 114 Å². The number of fused-ring (bicyclic) bond motifs is 1. The van der Waals surface area contributed by atoms with Crippen molar-refractivity contribution in [3.8, 4) is 5.69 Å². The summed E-state index contributed by atoms with van der Waals surface area (Å²) >= 11 is 0. The van der Waals surface area contributed by atoms with Crippen LogP contribution in [0.2, 0.25) is 0 Å². The van der Waals surface area contributed by atoms with Crippen LogP contribution in [0.25, 0.3) is 11.3 Å². The third kappa shape index (κ3) is 4.29. The molecule has 0 atom stereocenters. The monoisotopic (exact) mass is 531 g/mol. The van der Waals surface area contributed by atoms with Crippen LogP contribution in [0.15, 0.2) is 55.0 Å². The number of amides is 1. The van der Waals surface area contributed by atoms with E-state index in [1.807, 2.05) is 18.2 Å². The molecule has 7 rings (SSSR count). The molecular weight excluding hydrogens is 502 g/mol. The first kappa shape index (κ1) is 23.5. The molecule has 38 heavy (non-hydrogen) atoms. The summed E-state index contributed by atoms with van der Waals surface area (Å²) in [6, 6.07) is 12.0. The maximum Gasteiger partial charge on any atom is 0.262 e. The van der Waals surface area contributed by atoms with Crippen molar-refractivity contribution in [1.29, 1.82) is 0 Å². The third-order valence-electron chi connectivity index (χ3n) is 7.86. The average Bonchev–Trinajstić information content (AvgIpc) is 3.88. The lowest BCUT2D eigenvalue weighted by molar-refractivity contribution is 0.102. The summed E-state index contributed by atoms with van der Waals surface area (Å²) < 4.78 is 30.4. The summed E-state index contributed by atoms with van der Waals surface area (Å²) in [7, 11) is -3.17. The van der Waals surface area contributed by atoms with Gasteiger partial charge in [-0.05, 0) is 68.2 Å². The number of aromatic nitrogens is 5. The largest absolute Gasteiger partial charge is 0.306 e. The van der Waals surface area contributed by atoms with Gasteiger partial charge in [0.05, 0.1) is 22.8 Å². The lowest BCUT2D eigenvalue weighted by Crippen LogP contribution is -2.39. The summed E-state index contributed by atoms with van der Waals surface area (Å²) in [6.07, 6.45) is 10.3. The number of nitrogens with one attached hydrogen (secondary N) is 1. The molecule has 3 fully saturated rings. The predicted octanol–water partition coefficient (Wildman–Crippen LogP) is 3.72. The number of hydrogen-bond acceptors (Lipinski definition) is 6. The molecule has 0 unspecified atom stereocenters. The minimum absolute atomic E-state index is 0.113. The first-order chi connectivity index (χ1) is 18.5. The number of benzene rings is 1. The van der Waals surface area contributed by atoms with E-state index in [2.05, 4.69) is 27.5 Å². The SMILES string of the molecule is O=C(Nc1cc(C2CCN(S(=O)(=O)C3CC3)CC2)nn1-c1ccc(C2CC2)cc1)c1cnn2cccnc12. The summed E-state index contributed by atoms with van der Waals surface area (Å²) in [5, 5.41) is 12.0. The Kier molecular flexibility index (Phi) is 5.59. The lowest BCUT2D eigenvalue weighted by atomic mass is 9.95. The van der Waals surface area contributed by atoms with Gasteiger partial charge in [-0.15, -0.1) is 0 Å². The van der Waals surface area contributed by atoms with Crippen molar-refractivity contribution in [2.24, 2.45) is 0 Å². The average molecular weight is 532 g/mol. The maximum atomic E-state index is 13.3. The zero-order valence-corrected chi connectivity index (χ0v) is 21.7. The van der Waals surface area contributed by atoms with E-state index < -0.39 is 10.0 Å². The van der Waals surface area contributed by atoms with Crippen LogP contribution in [0, 0.1) is 0 Å². The van der Waals surface area contributed by atoms with E-state index in [1.165, 1.54) is 24.6 Å². The van der Waals surface area contributed by atoms with Crippen LogP contribution < -0.4 is 5.32 Å². The minimum atomic E-state index is -3.17. The lowest BCUT2D eigenvalue weighted by Gasteiger charge is -2.30. The highest BCUT2D eigenvalue weighted by Crippen LogP contribution is 2.40. The molecular formula is C27H29N7O3S. The van der Waals surface area contributed by atoms with E-state index in [-0.39, 0.29) is 17.1 Å². The summed E-state index contributed by atoms with van der Waals surface area (Å²) in [5.74, 6) is 1.01. The van der Waals surface area contributed by atoms with Gasteiger partial charge in [-0.2, -0.15) is 10.2 Å². The second-order valence-electron chi connectivity index (χ2n) is 10.5. The third-order valence-corrected chi connectivity index (χ3v) is 10.3. The van der Waals surface area contributed by atoms with Crippen molar-refractivity contribution in [3.05, 3.63) is 71.8 Å². The number of hydrogen-bond donors (Lipinski definition) is 1. The Hall–Kier alpha value is -3.57. The smallest absolute Gasteiger partial charge is 0.262 e. The highest BCUT2D eigenvalue weighted by Gasteiger charge is 2.41. The maximum absolute atomic E-state index is 13.3. The molecule has 1 N–H and O–H groups in total. The molecule has 1 amide bonds. The van der Waals surface area contributed by atoms with Gasteiger partial charge in [0.25, 0.3) is 5.91 Å². The molecule has 2 saturated carbocycles. The van der Waals surface area contributed by atoms with Crippen LogP contribution in [-0.4, -0.2) is 61.3 Å². The predicted molar refractivity (Wildman–Crippen MR) is 142 cm³/mol. The molecule has 4 heterocycles. The van der Waals surface area contributed by atoms with E-state index in [1.54, 1.807) is 32.0 Å². The quantitative estimate of drug-likeness (QED) is 0.389. The first-order valence-corrected chi connectivity index (χ1v) is 14.8. The van der Waals surface area contributed by atoms with Gasteiger partial charge in [0.2, 0.25) is 10.0 Å². The van der Waals surface area contributed by atoms with Crippen LogP contribution in [0.4, 0.5) is 5.82 Å². The van der Waals surface area contributed by atoms with Gasteiger partial charge in [-0.3, -0.25) is 4.79 Å². The van der Waals surface area contributed by atoms with Crippen molar-refractivity contribution < 1.29 is 13.2 Å². The number of anilines is 1. The Labute approximate surface area is 220 Å². The summed E-state index contributed by atoms with van der Waals surface area (Å²) in [5.41, 5.74) is 3.90. The van der Waals surface area contributed by atoms with E-state index in [9.17, 15) is 13.2 Å². The van der Waals surface area contributed by atoms with Crippen LogP contribution >= 0.6 is 0 Å². The van der Waals surface area contributed by atoms with Crippen molar-refractivity contribution in [3.63, 3.8) is 0 Å². The molecule has 2 aliphatic carbocycles. The van der Waals surface area contributed by atoms with Crippen molar-refractivity contribution in [1.82, 2.24) is 28.7 Å². The Morgan fingerprint density at radius 1 is 0.974 bits per heavy atom. The molecule has 1 aromatic carbocycles. The van der Waals surface area contributed by atoms with Gasteiger partial charge < -0.3 is 5.32 Å². The van der Waals surface area contributed by atoms with Crippen LogP contribution in [0.1, 0.15) is 72.0 Å². The van der Waals surface area contributed by atoms with Crippen molar-refractivity contribution in [2.75, 3.05) is 18.4 Å². The van der Waals surface area contributed by atoms with E-state index in [0.717, 1.165) is 24.2 Å². The molecule has 0 bridgehead atoms. The fraction of sp³-hybridized carbons (Fsp3) is 0.407. The van der Waals surface area contributed by atoms with Gasteiger partial charge in [0.1, 0.15) is 11.4 Å². The van der Waals surface area contributed by atoms with Crippen LogP contribution in [-0.2, 0) is 10.0 Å². The standard InChI is InChI=1S/C27H29N7O3S/c35-27(23-17-29-33-13-1-12-28-26(23)33)30-25-16-24(20-10-14-32(15-11-20)38(36,37)22-8-9-22)31-34(25)21-6-4-19(5-7-21)18-2-3-18/h1,4-7,12-13,16-18,20,22H,2-3,8-11,14-15H2,(H,30,35). The molecule has 11 heteroatoms. The van der Waals surface area contributed by atoms with Gasteiger partial charge >= 0.3 is 0 Å². The van der Waals surface area contributed by atoms with Crippen LogP contribution in [0.5, 0.6) is 0 Å². The van der Waals surface area contributed by atoms with Gasteiger partial charge in [-0.1, -0.05) is 12.1 Å².